The van der Waals surface area contributed by atoms with Crippen LogP contribution < -0.4 is 0 Å². The number of esters is 2. The predicted molar refractivity (Wildman–Crippen MR) is 55.3 cm³/mol. The van der Waals surface area contributed by atoms with Gasteiger partial charge in [-0.25, -0.2) is 0 Å². The maximum atomic E-state index is 12.1. The van der Waals surface area contributed by atoms with E-state index in [4.69, 9.17) is 0 Å². The Morgan fingerprint density at radius 2 is 1.38 bits per heavy atom. The summed E-state index contributed by atoms with van der Waals surface area (Å²) < 4.78 is 9.16. The Morgan fingerprint density at radius 3 is 1.62 bits per heavy atom. The Kier molecular flexibility index (Phi) is 3.25. The quantitative estimate of drug-likeness (QED) is 0.640. The van der Waals surface area contributed by atoms with Crippen molar-refractivity contribution >= 4 is 11.9 Å². The number of hydroxylamine groups is 2. The number of ether oxygens (including phenoxy) is 2. The third kappa shape index (κ3) is 1.58. The van der Waals surface area contributed by atoms with Crippen molar-refractivity contribution in [2.75, 3.05) is 14.2 Å². The van der Waals surface area contributed by atoms with Crippen LogP contribution in [0.15, 0.2) is 0 Å². The second kappa shape index (κ2) is 4.03. The van der Waals surface area contributed by atoms with Crippen molar-refractivity contribution in [3.8, 4) is 0 Å². The molecule has 1 aliphatic heterocycles. The molecule has 16 heavy (non-hydrogen) atoms. The van der Waals surface area contributed by atoms with Gasteiger partial charge in [0.05, 0.1) is 14.2 Å². The lowest BCUT2D eigenvalue weighted by atomic mass is 9.98. The second-order valence-corrected chi connectivity index (χ2v) is 4.33. The number of carbonyl (C=O) groups excluding carboxylic acids is 2. The Balaban J connectivity index is 3.01. The molecule has 0 aliphatic carbocycles. The fourth-order valence-corrected chi connectivity index (χ4v) is 2.04. The Labute approximate surface area is 94.1 Å². The highest BCUT2D eigenvalue weighted by atomic mass is 16.6. The normalized spacial score (nSPS) is 34.8. The minimum atomic E-state index is -1.31. The maximum Gasteiger partial charge on any atom is 0.325 e. The van der Waals surface area contributed by atoms with Gasteiger partial charge in [-0.3, -0.25) is 9.59 Å². The molecule has 0 aromatic carbocycles. The molecule has 1 saturated heterocycles. The second-order valence-electron chi connectivity index (χ2n) is 4.33. The van der Waals surface area contributed by atoms with Crippen molar-refractivity contribution in [2.24, 2.45) is 0 Å². The van der Waals surface area contributed by atoms with E-state index in [0.29, 0.717) is 5.06 Å². The third-order valence-electron chi connectivity index (χ3n) is 3.25. The number of hydrogen-bond acceptors (Lipinski definition) is 6. The SMILES string of the molecule is COC(=O)[C@]1(C)CC[C@@](C)(C(=O)OC)N1[O-]. The summed E-state index contributed by atoms with van der Waals surface area (Å²) in [4.78, 5) is 23.1. The van der Waals surface area contributed by atoms with Crippen LogP contribution >= 0.6 is 0 Å². The van der Waals surface area contributed by atoms with Gasteiger partial charge in [-0.15, -0.1) is 0 Å². The van der Waals surface area contributed by atoms with E-state index >= 15 is 0 Å². The van der Waals surface area contributed by atoms with Crippen molar-refractivity contribution in [3.05, 3.63) is 5.21 Å². The monoisotopic (exact) mass is 230 g/mol. The summed E-state index contributed by atoms with van der Waals surface area (Å²) in [5.41, 5.74) is -2.62. The van der Waals surface area contributed by atoms with Gasteiger partial charge in [0.1, 0.15) is 11.1 Å². The van der Waals surface area contributed by atoms with Gasteiger partial charge in [0, 0.05) is 0 Å². The van der Waals surface area contributed by atoms with Crippen LogP contribution in [0.5, 0.6) is 0 Å². The lowest BCUT2D eigenvalue weighted by molar-refractivity contribution is -0.159. The highest BCUT2D eigenvalue weighted by Crippen LogP contribution is 2.41. The molecule has 0 unspecified atom stereocenters. The molecule has 92 valence electrons. The lowest BCUT2D eigenvalue weighted by Gasteiger charge is -2.45. The molecule has 0 N–H and O–H groups in total. The van der Waals surface area contributed by atoms with Crippen molar-refractivity contribution in [2.45, 2.75) is 37.8 Å². The molecule has 0 aromatic heterocycles. The van der Waals surface area contributed by atoms with E-state index < -0.39 is 23.0 Å². The standard InChI is InChI=1S/C10H16NO5/c1-9(7(12)15-3)5-6-10(2,11(9)14)8(13)16-4/h5-6H2,1-4H3/q-1/t9-,10-/m0/s1. The van der Waals surface area contributed by atoms with Gasteiger partial charge in [-0.2, -0.15) is 0 Å². The van der Waals surface area contributed by atoms with E-state index in [1.54, 1.807) is 0 Å². The number of rotatable bonds is 2. The topological polar surface area (TPSA) is 78.9 Å². The van der Waals surface area contributed by atoms with Crippen LogP contribution in [0.2, 0.25) is 0 Å². The highest BCUT2D eigenvalue weighted by molar-refractivity contribution is 5.86. The van der Waals surface area contributed by atoms with Gasteiger partial charge < -0.3 is 19.7 Å². The van der Waals surface area contributed by atoms with Crippen molar-refractivity contribution < 1.29 is 19.1 Å². The summed E-state index contributed by atoms with van der Waals surface area (Å²) >= 11 is 0. The molecule has 1 aliphatic rings. The summed E-state index contributed by atoms with van der Waals surface area (Å²) in [6.45, 7) is 2.94. The smallest absolute Gasteiger partial charge is 0.325 e. The van der Waals surface area contributed by atoms with Crippen LogP contribution in [0, 0.1) is 5.21 Å². The van der Waals surface area contributed by atoms with Crippen LogP contribution in [0.4, 0.5) is 0 Å². The van der Waals surface area contributed by atoms with E-state index in [2.05, 4.69) is 9.47 Å². The first-order chi connectivity index (χ1) is 7.32. The number of methoxy groups -OCH3 is 2. The first kappa shape index (κ1) is 12.9. The predicted octanol–water partition coefficient (Wildman–Crippen LogP) is 0.443. The minimum absolute atomic E-state index is 0.273. The van der Waals surface area contributed by atoms with E-state index in [1.807, 2.05) is 0 Å². The summed E-state index contributed by atoms with van der Waals surface area (Å²) in [6.07, 6.45) is 0.545. The van der Waals surface area contributed by atoms with Gasteiger partial charge in [0.25, 0.3) is 0 Å². The zero-order valence-electron chi connectivity index (χ0n) is 9.90. The molecule has 0 radical (unpaired) electrons. The average Bonchev–Trinajstić information content (AvgIpc) is 2.54. The van der Waals surface area contributed by atoms with Crippen molar-refractivity contribution in [3.63, 3.8) is 0 Å². The van der Waals surface area contributed by atoms with Gasteiger partial charge in [0.15, 0.2) is 0 Å². The van der Waals surface area contributed by atoms with Crippen molar-refractivity contribution in [1.82, 2.24) is 5.06 Å². The van der Waals surface area contributed by atoms with Crippen molar-refractivity contribution in [1.29, 1.82) is 0 Å². The Morgan fingerprint density at radius 1 is 1.06 bits per heavy atom. The molecule has 2 atom stereocenters. The van der Waals surface area contributed by atoms with E-state index in [-0.39, 0.29) is 12.8 Å². The molecule has 0 amide bonds. The summed E-state index contributed by atoms with van der Waals surface area (Å²) in [6, 6.07) is 0. The van der Waals surface area contributed by atoms with E-state index in [9.17, 15) is 14.8 Å². The summed E-state index contributed by atoms with van der Waals surface area (Å²) in [5.74, 6) is -1.26. The van der Waals surface area contributed by atoms with E-state index in [1.165, 1.54) is 28.1 Å². The molecule has 0 spiro atoms. The molecule has 1 rings (SSSR count). The fourth-order valence-electron chi connectivity index (χ4n) is 2.04. The molecule has 0 bridgehead atoms. The molecular formula is C10H16NO5-. The van der Waals surface area contributed by atoms with Gasteiger partial charge in [-0.05, 0) is 26.7 Å². The first-order valence-electron chi connectivity index (χ1n) is 4.97. The van der Waals surface area contributed by atoms with Gasteiger partial charge in [-0.1, -0.05) is 0 Å². The zero-order chi connectivity index (χ0) is 12.6. The molecule has 6 nitrogen and oxygen atoms in total. The van der Waals surface area contributed by atoms with Gasteiger partial charge in [0.2, 0.25) is 0 Å². The summed E-state index contributed by atoms with van der Waals surface area (Å²) in [7, 11) is 2.43. The third-order valence-corrected chi connectivity index (χ3v) is 3.25. The zero-order valence-corrected chi connectivity index (χ0v) is 9.90. The molecule has 1 heterocycles. The summed E-state index contributed by atoms with van der Waals surface area (Å²) in [5, 5.41) is 12.6. The Hall–Kier alpha value is -1.14. The van der Waals surface area contributed by atoms with Gasteiger partial charge >= 0.3 is 11.9 Å². The van der Waals surface area contributed by atoms with E-state index in [0.717, 1.165) is 0 Å². The fraction of sp³-hybridized carbons (Fsp3) is 0.800. The molecule has 0 saturated carbocycles. The Bertz CT molecular complexity index is 288. The lowest BCUT2D eigenvalue weighted by Crippen LogP contribution is -2.56. The van der Waals surface area contributed by atoms with Crippen LogP contribution in [0.1, 0.15) is 26.7 Å². The number of carbonyl (C=O) groups is 2. The number of nitrogens with zero attached hydrogens (tertiary/aromatic N) is 1. The average molecular weight is 230 g/mol. The minimum Gasteiger partial charge on any atom is -0.784 e. The highest BCUT2D eigenvalue weighted by Gasteiger charge is 2.53. The van der Waals surface area contributed by atoms with Crippen LogP contribution in [0.3, 0.4) is 0 Å². The first-order valence-corrected chi connectivity index (χ1v) is 4.97. The molecule has 6 heteroatoms. The number of hydrogen-bond donors (Lipinski definition) is 0. The van der Waals surface area contributed by atoms with Crippen LogP contribution in [-0.4, -0.2) is 42.3 Å². The van der Waals surface area contributed by atoms with Crippen LogP contribution in [0.25, 0.3) is 0 Å². The molecule has 1 fully saturated rings. The van der Waals surface area contributed by atoms with Crippen LogP contribution in [-0.2, 0) is 19.1 Å². The maximum absolute atomic E-state index is 12.1. The molecule has 0 aromatic rings. The molecular weight excluding hydrogens is 214 g/mol. The largest absolute Gasteiger partial charge is 0.784 e.